The predicted octanol–water partition coefficient (Wildman–Crippen LogP) is 3.66. The van der Waals surface area contributed by atoms with Crippen molar-refractivity contribution in [3.8, 4) is 11.1 Å². The Balaban J connectivity index is 1.93. The Hall–Kier alpha value is -3.95. The van der Waals surface area contributed by atoms with Gasteiger partial charge in [-0.15, -0.1) is 0 Å². The van der Waals surface area contributed by atoms with Crippen LogP contribution in [-0.4, -0.2) is 25.5 Å². The Kier molecular flexibility index (Phi) is 4.61. The van der Waals surface area contributed by atoms with Gasteiger partial charge in [0.05, 0.1) is 11.3 Å². The number of nitrogens with one attached hydrogen (secondary N) is 2. The van der Waals surface area contributed by atoms with Crippen LogP contribution in [0.4, 0.5) is 19.0 Å². The van der Waals surface area contributed by atoms with E-state index in [1.165, 1.54) is 31.3 Å². The average Bonchev–Trinajstić information content (AvgIpc) is 3.09. The van der Waals surface area contributed by atoms with Gasteiger partial charge < -0.3 is 5.32 Å². The second-order valence-corrected chi connectivity index (χ2v) is 6.43. The van der Waals surface area contributed by atoms with Crippen LogP contribution in [0.25, 0.3) is 16.8 Å². The summed E-state index contributed by atoms with van der Waals surface area (Å²) in [7, 11) is 0. The van der Waals surface area contributed by atoms with Crippen LogP contribution in [-0.2, 0) is 6.18 Å². The number of pyridine rings is 1. The van der Waals surface area contributed by atoms with E-state index in [1.54, 1.807) is 30.3 Å². The van der Waals surface area contributed by atoms with Crippen LogP contribution in [0, 0.1) is 6.92 Å². The monoisotopic (exact) mass is 413 g/mol. The molecule has 0 saturated carbocycles. The molecule has 0 aliphatic carbocycles. The number of carbonyl (C=O) groups excluding carboxylic acids is 1. The van der Waals surface area contributed by atoms with Crippen LogP contribution >= 0.6 is 0 Å². The van der Waals surface area contributed by atoms with Crippen LogP contribution in [0.15, 0.2) is 59.5 Å². The van der Waals surface area contributed by atoms with Gasteiger partial charge in [0.25, 0.3) is 11.5 Å². The Labute approximate surface area is 167 Å². The molecule has 0 saturated heterocycles. The molecule has 0 unspecified atom stereocenters. The highest BCUT2D eigenvalue weighted by Gasteiger charge is 2.38. The lowest BCUT2D eigenvalue weighted by atomic mass is 10.1. The molecule has 4 rings (SSSR count). The summed E-state index contributed by atoms with van der Waals surface area (Å²) in [4.78, 5) is 33.7. The van der Waals surface area contributed by atoms with E-state index >= 15 is 0 Å². The third-order valence-electron chi connectivity index (χ3n) is 4.44. The third kappa shape index (κ3) is 3.32. The Bertz CT molecular complexity index is 1300. The zero-order valence-corrected chi connectivity index (χ0v) is 15.5. The zero-order valence-electron chi connectivity index (χ0n) is 15.5. The number of aryl methyl sites for hydroxylation is 1. The minimum Gasteiger partial charge on any atom is -0.306 e. The minimum atomic E-state index is -4.77. The van der Waals surface area contributed by atoms with Crippen LogP contribution < -0.4 is 10.9 Å². The largest absolute Gasteiger partial charge is 0.433 e. The first-order valence-corrected chi connectivity index (χ1v) is 8.77. The Morgan fingerprint density at radius 1 is 1.10 bits per heavy atom. The van der Waals surface area contributed by atoms with Gasteiger partial charge in [0.2, 0.25) is 0 Å². The summed E-state index contributed by atoms with van der Waals surface area (Å²) in [5.41, 5.74) is -2.70. The highest BCUT2D eigenvalue weighted by molar-refractivity contribution is 6.04. The molecule has 0 bridgehead atoms. The first kappa shape index (κ1) is 19.4. The van der Waals surface area contributed by atoms with Crippen molar-refractivity contribution in [1.29, 1.82) is 0 Å². The molecule has 0 aliphatic heterocycles. The number of fused-ring (bicyclic) bond motifs is 1. The topological polar surface area (TPSA) is 92.2 Å². The molecule has 3 aromatic heterocycles. The number of halogens is 3. The lowest BCUT2D eigenvalue weighted by molar-refractivity contribution is -0.140. The third-order valence-corrected chi connectivity index (χ3v) is 4.44. The zero-order chi connectivity index (χ0) is 21.5. The number of aromatic nitrogens is 4. The highest BCUT2D eigenvalue weighted by Crippen LogP contribution is 2.38. The van der Waals surface area contributed by atoms with Crippen molar-refractivity contribution in [3.05, 3.63) is 82.0 Å². The number of nitrogens with zero attached hydrogens (tertiary/aromatic N) is 3. The fraction of sp³-hybridized carbons (Fsp3) is 0.100. The molecule has 4 aromatic rings. The van der Waals surface area contributed by atoms with Gasteiger partial charge in [-0.25, -0.2) is 9.97 Å². The summed E-state index contributed by atoms with van der Waals surface area (Å²) in [5, 5.41) is 4.53. The number of alkyl halides is 3. The number of anilines is 1. The van der Waals surface area contributed by atoms with E-state index in [0.29, 0.717) is 4.52 Å². The molecule has 0 radical (unpaired) electrons. The SMILES string of the molecule is Cc1nc2c(-c3ccccc3)c(C(F)(F)F)[nH]n2c(=O)c1C(=O)Nc1ccccn1. The molecule has 7 nitrogen and oxygen atoms in total. The summed E-state index contributed by atoms with van der Waals surface area (Å²) in [6.45, 7) is 1.39. The van der Waals surface area contributed by atoms with Crippen molar-refractivity contribution in [1.82, 2.24) is 19.6 Å². The van der Waals surface area contributed by atoms with Crippen LogP contribution in [0.2, 0.25) is 0 Å². The molecular formula is C20H14F3N5O2. The van der Waals surface area contributed by atoms with Crippen molar-refractivity contribution in [2.45, 2.75) is 13.1 Å². The van der Waals surface area contributed by atoms with Crippen molar-refractivity contribution in [2.24, 2.45) is 0 Å². The lowest BCUT2D eigenvalue weighted by Crippen LogP contribution is -2.29. The number of H-pyrrole nitrogens is 1. The standard InChI is InChI=1S/C20H14F3N5O2/c1-11-14(18(29)26-13-9-5-6-10-24-13)19(30)28-17(25-11)15(12-7-3-2-4-8-12)16(27-28)20(21,22)23/h2-10,27H,1H3,(H,24,26,29). The predicted molar refractivity (Wildman–Crippen MR) is 103 cm³/mol. The van der Waals surface area contributed by atoms with E-state index < -0.39 is 23.3 Å². The smallest absolute Gasteiger partial charge is 0.306 e. The normalized spacial score (nSPS) is 11.6. The summed E-state index contributed by atoms with van der Waals surface area (Å²) in [6.07, 6.45) is -3.32. The van der Waals surface area contributed by atoms with Crippen molar-refractivity contribution < 1.29 is 18.0 Å². The number of rotatable bonds is 3. The van der Waals surface area contributed by atoms with Gasteiger partial charge in [-0.05, 0) is 24.6 Å². The molecule has 2 N–H and O–H groups in total. The molecule has 0 fully saturated rings. The summed E-state index contributed by atoms with van der Waals surface area (Å²) in [6, 6.07) is 12.6. The maximum Gasteiger partial charge on any atom is 0.433 e. The molecule has 152 valence electrons. The molecule has 3 heterocycles. The van der Waals surface area contributed by atoms with E-state index in [0.717, 1.165) is 0 Å². The molecule has 10 heteroatoms. The molecule has 30 heavy (non-hydrogen) atoms. The minimum absolute atomic E-state index is 0.00154. The van der Waals surface area contributed by atoms with Crippen LogP contribution in [0.3, 0.4) is 0 Å². The first-order valence-electron chi connectivity index (χ1n) is 8.77. The molecular weight excluding hydrogens is 399 g/mol. The number of hydrogen-bond acceptors (Lipinski definition) is 4. The fourth-order valence-electron chi connectivity index (χ4n) is 3.14. The van der Waals surface area contributed by atoms with Crippen LogP contribution in [0.5, 0.6) is 0 Å². The number of hydrogen-bond donors (Lipinski definition) is 2. The lowest BCUT2D eigenvalue weighted by Gasteiger charge is -2.08. The number of amides is 1. The van der Waals surface area contributed by atoms with Gasteiger partial charge in [0.15, 0.2) is 5.65 Å². The fourth-order valence-corrected chi connectivity index (χ4v) is 3.14. The second-order valence-electron chi connectivity index (χ2n) is 6.43. The Morgan fingerprint density at radius 2 is 1.80 bits per heavy atom. The summed E-state index contributed by atoms with van der Waals surface area (Å²) in [5.74, 6) is -0.624. The van der Waals surface area contributed by atoms with Crippen molar-refractivity contribution in [2.75, 3.05) is 5.32 Å². The summed E-state index contributed by atoms with van der Waals surface area (Å²) >= 11 is 0. The van der Waals surface area contributed by atoms with Gasteiger partial charge in [0.1, 0.15) is 17.1 Å². The van der Waals surface area contributed by atoms with Gasteiger partial charge in [-0.1, -0.05) is 36.4 Å². The van der Waals surface area contributed by atoms with Crippen molar-refractivity contribution >= 4 is 17.4 Å². The number of carbonyl (C=O) groups is 1. The van der Waals surface area contributed by atoms with E-state index in [9.17, 15) is 22.8 Å². The Morgan fingerprint density at radius 3 is 2.43 bits per heavy atom. The van der Waals surface area contributed by atoms with Gasteiger partial charge >= 0.3 is 6.18 Å². The van der Waals surface area contributed by atoms with Crippen LogP contribution in [0.1, 0.15) is 21.7 Å². The van der Waals surface area contributed by atoms with Crippen molar-refractivity contribution in [3.63, 3.8) is 0 Å². The summed E-state index contributed by atoms with van der Waals surface area (Å²) < 4.78 is 41.7. The molecule has 0 spiro atoms. The molecule has 1 aromatic carbocycles. The molecule has 0 atom stereocenters. The molecule has 1 amide bonds. The maximum atomic E-state index is 13.7. The van der Waals surface area contributed by atoms with E-state index in [-0.39, 0.29) is 33.8 Å². The number of benzene rings is 1. The second kappa shape index (κ2) is 7.14. The van der Waals surface area contributed by atoms with Gasteiger partial charge in [-0.2, -0.15) is 17.7 Å². The van der Waals surface area contributed by atoms with Gasteiger partial charge in [0, 0.05) is 6.20 Å². The van der Waals surface area contributed by atoms with Gasteiger partial charge in [-0.3, -0.25) is 14.7 Å². The quantitative estimate of drug-likeness (QED) is 0.536. The van der Waals surface area contributed by atoms with E-state index in [2.05, 4.69) is 20.4 Å². The van der Waals surface area contributed by atoms with E-state index in [1.807, 2.05) is 0 Å². The maximum absolute atomic E-state index is 13.7. The molecule has 0 aliphatic rings. The number of aromatic amines is 1. The first-order chi connectivity index (χ1) is 14.3. The van der Waals surface area contributed by atoms with E-state index in [4.69, 9.17) is 0 Å². The highest BCUT2D eigenvalue weighted by atomic mass is 19.4. The average molecular weight is 413 g/mol.